The van der Waals surface area contributed by atoms with Gasteiger partial charge in [-0.25, -0.2) is 5.43 Å². The third-order valence-electron chi connectivity index (χ3n) is 3.14. The highest BCUT2D eigenvalue weighted by Gasteiger charge is 2.09. The number of hydrogen-bond donors (Lipinski definition) is 1. The van der Waals surface area contributed by atoms with Gasteiger partial charge in [0, 0.05) is 4.47 Å². The summed E-state index contributed by atoms with van der Waals surface area (Å²) in [6.07, 6.45) is 1.81. The summed E-state index contributed by atoms with van der Waals surface area (Å²) >= 11 is 6.77. The number of hydrogen-bond acceptors (Lipinski definition) is 4. The highest BCUT2D eigenvalue weighted by atomic mass is 79.9. The third-order valence-corrected chi connectivity index (χ3v) is 4.25. The second kappa shape index (κ2) is 8.84. The SMILES string of the molecule is COc1cc(/C=N/NC(=O)Cc2ccc(Br)cc2)cc(Br)c1OC. The minimum Gasteiger partial charge on any atom is -0.493 e. The maximum Gasteiger partial charge on any atom is 0.244 e. The number of amides is 1. The van der Waals surface area contributed by atoms with Crippen LogP contribution in [-0.2, 0) is 11.2 Å². The van der Waals surface area contributed by atoms with Crippen LogP contribution in [0.25, 0.3) is 0 Å². The summed E-state index contributed by atoms with van der Waals surface area (Å²) in [5.41, 5.74) is 4.19. The Morgan fingerprint density at radius 1 is 1.17 bits per heavy atom. The molecule has 0 atom stereocenters. The van der Waals surface area contributed by atoms with E-state index in [1.165, 1.54) is 0 Å². The van der Waals surface area contributed by atoms with Gasteiger partial charge in [-0.05, 0) is 51.3 Å². The predicted octanol–water partition coefficient (Wildman–Crippen LogP) is 3.92. The number of ether oxygens (including phenoxy) is 2. The summed E-state index contributed by atoms with van der Waals surface area (Å²) in [4.78, 5) is 11.9. The van der Waals surface area contributed by atoms with E-state index in [9.17, 15) is 4.79 Å². The molecule has 0 saturated carbocycles. The van der Waals surface area contributed by atoms with Crippen LogP contribution in [0, 0.1) is 0 Å². The third kappa shape index (κ3) is 5.07. The average molecular weight is 456 g/mol. The van der Waals surface area contributed by atoms with E-state index in [-0.39, 0.29) is 12.3 Å². The summed E-state index contributed by atoms with van der Waals surface area (Å²) in [6.45, 7) is 0. The summed E-state index contributed by atoms with van der Waals surface area (Å²) in [7, 11) is 3.13. The van der Waals surface area contributed by atoms with Crippen molar-refractivity contribution in [2.45, 2.75) is 6.42 Å². The number of nitrogens with one attached hydrogen (secondary N) is 1. The number of rotatable bonds is 6. The first kappa shape index (κ1) is 18.5. The van der Waals surface area contributed by atoms with Crippen LogP contribution >= 0.6 is 31.9 Å². The lowest BCUT2D eigenvalue weighted by Crippen LogP contribution is -2.19. The van der Waals surface area contributed by atoms with Gasteiger partial charge in [-0.1, -0.05) is 28.1 Å². The van der Waals surface area contributed by atoms with E-state index < -0.39 is 0 Å². The van der Waals surface area contributed by atoms with Crippen LogP contribution in [0.1, 0.15) is 11.1 Å². The van der Waals surface area contributed by atoms with Crippen molar-refractivity contribution in [1.29, 1.82) is 0 Å². The normalized spacial score (nSPS) is 10.7. The summed E-state index contributed by atoms with van der Waals surface area (Å²) in [5, 5.41) is 3.98. The average Bonchev–Trinajstić information content (AvgIpc) is 2.56. The largest absolute Gasteiger partial charge is 0.493 e. The van der Waals surface area contributed by atoms with E-state index in [1.54, 1.807) is 26.5 Å². The second-order valence-corrected chi connectivity index (χ2v) is 6.60. The molecule has 0 bridgehead atoms. The van der Waals surface area contributed by atoms with Crippen molar-refractivity contribution < 1.29 is 14.3 Å². The van der Waals surface area contributed by atoms with Gasteiger partial charge in [0.05, 0.1) is 31.3 Å². The van der Waals surface area contributed by atoms with Crippen LogP contribution in [0.5, 0.6) is 11.5 Å². The highest BCUT2D eigenvalue weighted by Crippen LogP contribution is 2.35. The lowest BCUT2D eigenvalue weighted by atomic mass is 10.1. The van der Waals surface area contributed by atoms with Crippen LogP contribution in [0.4, 0.5) is 0 Å². The molecular weight excluding hydrogens is 440 g/mol. The maximum absolute atomic E-state index is 11.9. The van der Waals surface area contributed by atoms with Crippen molar-refractivity contribution in [3.63, 3.8) is 0 Å². The molecule has 0 saturated heterocycles. The number of benzene rings is 2. The molecule has 0 unspecified atom stereocenters. The second-order valence-electron chi connectivity index (χ2n) is 4.83. The first-order chi connectivity index (χ1) is 11.5. The zero-order valence-corrected chi connectivity index (χ0v) is 16.3. The zero-order chi connectivity index (χ0) is 17.5. The summed E-state index contributed by atoms with van der Waals surface area (Å²) in [5.74, 6) is 0.997. The molecule has 126 valence electrons. The number of methoxy groups -OCH3 is 2. The molecule has 0 radical (unpaired) electrons. The van der Waals surface area contributed by atoms with Crippen molar-refractivity contribution in [2.24, 2.45) is 5.10 Å². The van der Waals surface area contributed by atoms with E-state index in [0.717, 1.165) is 20.1 Å². The van der Waals surface area contributed by atoms with Crippen LogP contribution in [0.2, 0.25) is 0 Å². The molecule has 2 aromatic carbocycles. The molecule has 0 aromatic heterocycles. The van der Waals surface area contributed by atoms with Gasteiger partial charge >= 0.3 is 0 Å². The van der Waals surface area contributed by atoms with Gasteiger partial charge in [0.25, 0.3) is 0 Å². The fourth-order valence-electron chi connectivity index (χ4n) is 2.02. The van der Waals surface area contributed by atoms with Crippen LogP contribution in [0.3, 0.4) is 0 Å². The van der Waals surface area contributed by atoms with Gasteiger partial charge in [0.1, 0.15) is 0 Å². The molecule has 2 rings (SSSR count). The zero-order valence-electron chi connectivity index (χ0n) is 13.2. The van der Waals surface area contributed by atoms with Gasteiger partial charge < -0.3 is 9.47 Å². The van der Waals surface area contributed by atoms with E-state index in [0.29, 0.717) is 11.5 Å². The Balaban J connectivity index is 1.99. The lowest BCUT2D eigenvalue weighted by Gasteiger charge is -2.10. The molecule has 1 amide bonds. The fraction of sp³-hybridized carbons (Fsp3) is 0.176. The van der Waals surface area contributed by atoms with Crippen molar-refractivity contribution in [3.05, 3.63) is 56.5 Å². The Labute approximate surface area is 157 Å². The Bertz CT molecular complexity index is 746. The molecule has 0 fully saturated rings. The quantitative estimate of drug-likeness (QED) is 0.530. The molecule has 5 nitrogen and oxygen atoms in total. The number of nitrogens with zero attached hydrogens (tertiary/aromatic N) is 1. The number of hydrazone groups is 1. The predicted molar refractivity (Wildman–Crippen MR) is 101 cm³/mol. The van der Waals surface area contributed by atoms with Crippen LogP contribution < -0.4 is 14.9 Å². The Morgan fingerprint density at radius 3 is 2.50 bits per heavy atom. The minimum absolute atomic E-state index is 0.187. The molecule has 1 N–H and O–H groups in total. The number of carbonyl (C=O) groups excluding carboxylic acids is 1. The molecule has 2 aromatic rings. The molecular formula is C17H16Br2N2O3. The smallest absolute Gasteiger partial charge is 0.244 e. The van der Waals surface area contributed by atoms with E-state index in [1.807, 2.05) is 30.3 Å². The molecule has 0 aliphatic rings. The van der Waals surface area contributed by atoms with E-state index >= 15 is 0 Å². The Kier molecular flexibility index (Phi) is 6.81. The summed E-state index contributed by atoms with van der Waals surface area (Å²) in [6, 6.07) is 11.2. The molecule has 24 heavy (non-hydrogen) atoms. The van der Waals surface area contributed by atoms with Crippen LogP contribution in [-0.4, -0.2) is 26.3 Å². The minimum atomic E-state index is -0.187. The summed E-state index contributed by atoms with van der Waals surface area (Å²) < 4.78 is 12.2. The van der Waals surface area contributed by atoms with Gasteiger partial charge in [0.15, 0.2) is 11.5 Å². The van der Waals surface area contributed by atoms with Gasteiger partial charge in [-0.3, -0.25) is 4.79 Å². The van der Waals surface area contributed by atoms with E-state index in [2.05, 4.69) is 42.4 Å². The fourth-order valence-corrected chi connectivity index (χ4v) is 2.90. The molecule has 0 heterocycles. The van der Waals surface area contributed by atoms with Crippen molar-refractivity contribution in [1.82, 2.24) is 5.43 Å². The van der Waals surface area contributed by atoms with Crippen LogP contribution in [0.15, 0.2) is 50.4 Å². The molecule has 0 aliphatic carbocycles. The van der Waals surface area contributed by atoms with Gasteiger partial charge in [-0.15, -0.1) is 0 Å². The molecule has 0 spiro atoms. The monoisotopic (exact) mass is 454 g/mol. The molecule has 7 heteroatoms. The van der Waals surface area contributed by atoms with Gasteiger partial charge in [0.2, 0.25) is 5.91 Å². The topological polar surface area (TPSA) is 59.9 Å². The Hall–Kier alpha value is -1.86. The number of carbonyl (C=O) groups is 1. The first-order valence-electron chi connectivity index (χ1n) is 7.01. The highest BCUT2D eigenvalue weighted by molar-refractivity contribution is 9.10. The standard InChI is InChI=1S/C17H16Br2N2O3/c1-23-15-8-12(7-14(19)17(15)24-2)10-20-21-16(22)9-11-3-5-13(18)6-4-11/h3-8,10H,9H2,1-2H3,(H,21,22)/b20-10+. The first-order valence-corrected chi connectivity index (χ1v) is 8.60. The number of halogens is 2. The lowest BCUT2D eigenvalue weighted by molar-refractivity contribution is -0.120. The van der Waals surface area contributed by atoms with Gasteiger partial charge in [-0.2, -0.15) is 5.10 Å². The van der Waals surface area contributed by atoms with Crippen molar-refractivity contribution in [2.75, 3.05) is 14.2 Å². The molecule has 0 aliphatic heterocycles. The van der Waals surface area contributed by atoms with Crippen molar-refractivity contribution >= 4 is 44.0 Å². The maximum atomic E-state index is 11.9. The van der Waals surface area contributed by atoms with E-state index in [4.69, 9.17) is 9.47 Å². The van der Waals surface area contributed by atoms with Crippen molar-refractivity contribution in [3.8, 4) is 11.5 Å². The Morgan fingerprint density at radius 2 is 1.88 bits per heavy atom.